The molecule has 0 fully saturated rings. The Morgan fingerprint density at radius 2 is 1.43 bits per heavy atom. The Morgan fingerprint density at radius 1 is 0.826 bits per heavy atom. The van der Waals surface area contributed by atoms with Crippen molar-refractivity contribution in [3.63, 3.8) is 0 Å². The Bertz CT molecular complexity index is 722. The molecule has 0 unspecified atom stereocenters. The maximum Gasteiger partial charge on any atom is 0.131 e. The van der Waals surface area contributed by atoms with Crippen LogP contribution in [0.2, 0.25) is 0 Å². The summed E-state index contributed by atoms with van der Waals surface area (Å²) in [6.45, 7) is 13.2. The highest BCUT2D eigenvalue weighted by Crippen LogP contribution is 2.37. The van der Waals surface area contributed by atoms with Crippen LogP contribution >= 0.6 is 0 Å². The lowest BCUT2D eigenvalue weighted by molar-refractivity contribution is 0.451. The predicted octanol–water partition coefficient (Wildman–Crippen LogP) is 5.95. The van der Waals surface area contributed by atoms with Gasteiger partial charge in [-0.15, -0.1) is 0 Å². The number of rotatable bonds is 2. The number of hydrogen-bond donors (Lipinski definition) is 0. The van der Waals surface area contributed by atoms with E-state index in [9.17, 15) is 0 Å². The van der Waals surface area contributed by atoms with Gasteiger partial charge in [0.1, 0.15) is 11.5 Å². The average molecular weight is 307 g/mol. The fourth-order valence-corrected chi connectivity index (χ4v) is 2.42. The smallest absolute Gasteiger partial charge is 0.131 e. The van der Waals surface area contributed by atoms with Crippen molar-refractivity contribution in [2.75, 3.05) is 0 Å². The van der Waals surface area contributed by atoms with E-state index in [1.165, 1.54) is 11.1 Å². The lowest BCUT2D eigenvalue weighted by Crippen LogP contribution is -2.16. The highest BCUT2D eigenvalue weighted by atomic mass is 16.5. The Hall–Kier alpha value is -2.27. The van der Waals surface area contributed by atoms with E-state index in [0.29, 0.717) is 5.56 Å². The van der Waals surface area contributed by atoms with E-state index in [-0.39, 0.29) is 10.8 Å². The van der Waals surface area contributed by atoms with Gasteiger partial charge >= 0.3 is 0 Å². The maximum atomic E-state index is 8.90. The number of ether oxygens (including phenoxy) is 1. The Morgan fingerprint density at radius 3 is 1.91 bits per heavy atom. The van der Waals surface area contributed by atoms with Crippen LogP contribution in [0.1, 0.15) is 58.2 Å². The van der Waals surface area contributed by atoms with Gasteiger partial charge in [-0.2, -0.15) is 5.26 Å². The summed E-state index contributed by atoms with van der Waals surface area (Å²) in [5, 5.41) is 8.90. The van der Waals surface area contributed by atoms with Crippen molar-refractivity contribution in [2.45, 2.75) is 52.4 Å². The minimum Gasteiger partial charge on any atom is -0.457 e. The normalized spacial score (nSPS) is 11.9. The molecule has 0 radical (unpaired) electrons. The average Bonchev–Trinajstić information content (AvgIpc) is 2.46. The molecular weight excluding hydrogens is 282 g/mol. The van der Waals surface area contributed by atoms with Crippen LogP contribution in [0, 0.1) is 11.3 Å². The minimum absolute atomic E-state index is 0.00164. The summed E-state index contributed by atoms with van der Waals surface area (Å²) in [5.41, 5.74) is 3.12. The van der Waals surface area contributed by atoms with Crippen molar-refractivity contribution >= 4 is 0 Å². The Balaban J connectivity index is 2.46. The van der Waals surface area contributed by atoms with Crippen molar-refractivity contribution in [1.82, 2.24) is 0 Å². The van der Waals surface area contributed by atoms with Crippen LogP contribution in [0.25, 0.3) is 0 Å². The number of nitriles is 1. The zero-order valence-corrected chi connectivity index (χ0v) is 14.9. The molecule has 0 bridgehead atoms. The minimum atomic E-state index is -0.00164. The van der Waals surface area contributed by atoms with Gasteiger partial charge in [-0.05, 0) is 46.7 Å². The molecule has 0 aliphatic carbocycles. The highest BCUT2D eigenvalue weighted by molar-refractivity contribution is 5.46. The first kappa shape index (κ1) is 17.1. The van der Waals surface area contributed by atoms with Gasteiger partial charge in [0.15, 0.2) is 0 Å². The Labute approximate surface area is 139 Å². The molecule has 0 spiro atoms. The predicted molar refractivity (Wildman–Crippen MR) is 95.1 cm³/mol. The molecule has 0 N–H and O–H groups in total. The number of nitrogens with zero attached hydrogens (tertiary/aromatic N) is 1. The summed E-state index contributed by atoms with van der Waals surface area (Å²) >= 11 is 0. The maximum absolute atomic E-state index is 8.90. The molecule has 0 amide bonds. The molecule has 0 heterocycles. The van der Waals surface area contributed by atoms with Crippen molar-refractivity contribution < 1.29 is 4.74 Å². The van der Waals surface area contributed by atoms with Gasteiger partial charge in [0.05, 0.1) is 11.6 Å². The van der Waals surface area contributed by atoms with Gasteiger partial charge in [0, 0.05) is 5.56 Å². The topological polar surface area (TPSA) is 33.0 Å². The zero-order valence-electron chi connectivity index (χ0n) is 14.9. The van der Waals surface area contributed by atoms with E-state index < -0.39 is 0 Å². The third-order valence-electron chi connectivity index (χ3n) is 3.87. The number of benzene rings is 2. The second kappa shape index (κ2) is 6.08. The van der Waals surface area contributed by atoms with Crippen LogP contribution in [0.4, 0.5) is 0 Å². The van der Waals surface area contributed by atoms with E-state index in [4.69, 9.17) is 10.00 Å². The SMILES string of the molecule is CC(C)(C)c1ccc(C(C)(C)C)c(Oc2ccc(C#N)cc2)c1. The Kier molecular flexibility index (Phi) is 4.52. The summed E-state index contributed by atoms with van der Waals surface area (Å²) in [6, 6.07) is 15.9. The van der Waals surface area contributed by atoms with Crippen molar-refractivity contribution in [3.05, 3.63) is 59.2 Å². The summed E-state index contributed by atoms with van der Waals surface area (Å²) in [5.74, 6) is 1.63. The van der Waals surface area contributed by atoms with Crippen molar-refractivity contribution in [3.8, 4) is 17.6 Å². The van der Waals surface area contributed by atoms with Gasteiger partial charge in [0.25, 0.3) is 0 Å². The van der Waals surface area contributed by atoms with E-state index in [2.05, 4.69) is 65.8 Å². The largest absolute Gasteiger partial charge is 0.457 e. The molecule has 120 valence electrons. The molecule has 2 aromatic rings. The van der Waals surface area contributed by atoms with Gasteiger partial charge in [-0.3, -0.25) is 0 Å². The lowest BCUT2D eigenvalue weighted by Gasteiger charge is -2.26. The molecule has 2 rings (SSSR count). The quantitative estimate of drug-likeness (QED) is 0.687. The molecule has 23 heavy (non-hydrogen) atoms. The van der Waals surface area contributed by atoms with Crippen LogP contribution in [0.5, 0.6) is 11.5 Å². The molecule has 0 aliphatic rings. The van der Waals surface area contributed by atoms with Crippen LogP contribution in [0.15, 0.2) is 42.5 Å². The lowest BCUT2D eigenvalue weighted by atomic mass is 9.81. The van der Waals surface area contributed by atoms with Gasteiger partial charge in [-0.25, -0.2) is 0 Å². The molecule has 0 saturated carbocycles. The molecular formula is C21H25NO. The molecule has 2 nitrogen and oxygen atoms in total. The standard InChI is InChI=1S/C21H25NO/c1-20(2,3)16-9-12-18(21(4,5)6)19(13-16)23-17-10-7-15(14-22)8-11-17/h7-13H,1-6H3. The molecule has 0 saturated heterocycles. The number of hydrogen-bond acceptors (Lipinski definition) is 2. The molecule has 2 aromatic carbocycles. The van der Waals surface area contributed by atoms with Gasteiger partial charge in [-0.1, -0.05) is 53.7 Å². The van der Waals surface area contributed by atoms with Crippen molar-refractivity contribution in [1.29, 1.82) is 5.26 Å². The first-order valence-corrected chi connectivity index (χ1v) is 7.94. The van der Waals surface area contributed by atoms with Crippen LogP contribution < -0.4 is 4.74 Å². The zero-order chi connectivity index (χ0) is 17.3. The summed E-state index contributed by atoms with van der Waals surface area (Å²) in [4.78, 5) is 0. The summed E-state index contributed by atoms with van der Waals surface area (Å²) < 4.78 is 6.16. The van der Waals surface area contributed by atoms with Crippen LogP contribution in [0.3, 0.4) is 0 Å². The van der Waals surface area contributed by atoms with Gasteiger partial charge in [0.2, 0.25) is 0 Å². The van der Waals surface area contributed by atoms with E-state index in [0.717, 1.165) is 11.5 Å². The van der Waals surface area contributed by atoms with Gasteiger partial charge < -0.3 is 4.74 Å². The monoisotopic (exact) mass is 307 g/mol. The third kappa shape index (κ3) is 4.13. The van der Waals surface area contributed by atoms with Crippen molar-refractivity contribution in [2.24, 2.45) is 0 Å². The second-order valence-corrected chi connectivity index (χ2v) is 7.95. The van der Waals surface area contributed by atoms with Crippen LogP contribution in [-0.2, 0) is 10.8 Å². The summed E-state index contributed by atoms with van der Waals surface area (Å²) in [6.07, 6.45) is 0. The van der Waals surface area contributed by atoms with E-state index in [1.807, 2.05) is 12.1 Å². The van der Waals surface area contributed by atoms with E-state index in [1.54, 1.807) is 12.1 Å². The first-order chi connectivity index (χ1) is 10.6. The summed E-state index contributed by atoms with van der Waals surface area (Å²) in [7, 11) is 0. The molecule has 0 atom stereocenters. The van der Waals surface area contributed by atoms with E-state index >= 15 is 0 Å². The van der Waals surface area contributed by atoms with Crippen LogP contribution in [-0.4, -0.2) is 0 Å². The first-order valence-electron chi connectivity index (χ1n) is 7.94. The molecule has 0 aromatic heterocycles. The molecule has 0 aliphatic heterocycles. The third-order valence-corrected chi connectivity index (χ3v) is 3.87. The second-order valence-electron chi connectivity index (χ2n) is 7.95. The highest BCUT2D eigenvalue weighted by Gasteiger charge is 2.22. The molecule has 2 heteroatoms. The fourth-order valence-electron chi connectivity index (χ4n) is 2.42. The fraction of sp³-hybridized carbons (Fsp3) is 0.381.